The Kier molecular flexibility index (Phi) is 5.13. The largest absolute Gasteiger partial charge is 0.336 e. The Hall–Kier alpha value is -2.37. The second-order valence-electron chi connectivity index (χ2n) is 6.34. The topological polar surface area (TPSA) is 59.0 Å². The van der Waals surface area contributed by atoms with E-state index in [1.54, 1.807) is 18.3 Å². The first-order valence-corrected chi connectivity index (χ1v) is 8.43. The second kappa shape index (κ2) is 7.47. The Bertz CT molecular complexity index is 694. The van der Waals surface area contributed by atoms with Gasteiger partial charge in [0.05, 0.1) is 0 Å². The fourth-order valence-electron chi connectivity index (χ4n) is 3.24. The highest BCUT2D eigenvalue weighted by Gasteiger charge is 2.23. The van der Waals surface area contributed by atoms with Crippen LogP contribution in [0.3, 0.4) is 0 Å². The molecule has 0 bridgehead atoms. The fraction of sp³-hybridized carbons (Fsp3) is 0.444. The Morgan fingerprint density at radius 3 is 2.79 bits per heavy atom. The van der Waals surface area contributed by atoms with Crippen molar-refractivity contribution < 1.29 is 9.18 Å². The SMILES string of the molecule is Cn1ccnc1[C@@H](NC(=O)NC1CCCCC1)c1cccc(F)c1. The molecule has 5 nitrogen and oxygen atoms in total. The molecule has 0 unspecified atom stereocenters. The molecule has 1 aromatic heterocycles. The third-order valence-electron chi connectivity index (χ3n) is 4.51. The number of carbonyl (C=O) groups excluding carboxylic acids is 1. The molecule has 2 amide bonds. The van der Waals surface area contributed by atoms with Crippen molar-refractivity contribution in [2.75, 3.05) is 0 Å². The molecule has 3 rings (SSSR count). The van der Waals surface area contributed by atoms with Gasteiger partial charge in [0, 0.05) is 25.5 Å². The smallest absolute Gasteiger partial charge is 0.315 e. The number of hydrogen-bond acceptors (Lipinski definition) is 2. The van der Waals surface area contributed by atoms with E-state index >= 15 is 0 Å². The minimum atomic E-state index is -0.496. The molecule has 0 spiro atoms. The molecule has 1 aromatic carbocycles. The Balaban J connectivity index is 1.77. The Morgan fingerprint density at radius 2 is 2.12 bits per heavy atom. The van der Waals surface area contributed by atoms with E-state index in [4.69, 9.17) is 0 Å². The summed E-state index contributed by atoms with van der Waals surface area (Å²) in [5.74, 6) is 0.334. The highest BCUT2D eigenvalue weighted by molar-refractivity contribution is 5.75. The Labute approximate surface area is 141 Å². The van der Waals surface area contributed by atoms with Crippen LogP contribution >= 0.6 is 0 Å². The number of nitrogens with one attached hydrogen (secondary N) is 2. The van der Waals surface area contributed by atoms with Gasteiger partial charge in [0.15, 0.2) is 0 Å². The van der Waals surface area contributed by atoms with Crippen LogP contribution in [0.2, 0.25) is 0 Å². The first-order valence-electron chi connectivity index (χ1n) is 8.43. The van der Waals surface area contributed by atoms with E-state index in [9.17, 15) is 9.18 Å². The number of imidazole rings is 1. The maximum Gasteiger partial charge on any atom is 0.315 e. The van der Waals surface area contributed by atoms with Crippen LogP contribution in [-0.4, -0.2) is 21.6 Å². The van der Waals surface area contributed by atoms with Gasteiger partial charge in [0.2, 0.25) is 0 Å². The predicted octanol–water partition coefficient (Wildman–Crippen LogP) is 3.28. The summed E-state index contributed by atoms with van der Waals surface area (Å²) in [5.41, 5.74) is 0.670. The van der Waals surface area contributed by atoms with E-state index in [0.29, 0.717) is 11.4 Å². The van der Waals surface area contributed by atoms with Crippen molar-refractivity contribution in [2.24, 2.45) is 7.05 Å². The van der Waals surface area contributed by atoms with Crippen molar-refractivity contribution in [3.8, 4) is 0 Å². The molecule has 1 saturated carbocycles. The van der Waals surface area contributed by atoms with E-state index in [1.807, 2.05) is 17.8 Å². The van der Waals surface area contributed by atoms with Gasteiger partial charge < -0.3 is 15.2 Å². The average Bonchev–Trinajstić information content (AvgIpc) is 2.99. The summed E-state index contributed by atoms with van der Waals surface area (Å²) in [6.07, 6.45) is 9.04. The number of urea groups is 1. The minimum absolute atomic E-state index is 0.216. The van der Waals surface area contributed by atoms with Crippen LogP contribution in [-0.2, 0) is 7.05 Å². The van der Waals surface area contributed by atoms with E-state index in [-0.39, 0.29) is 17.9 Å². The van der Waals surface area contributed by atoms with E-state index in [0.717, 1.165) is 25.7 Å². The van der Waals surface area contributed by atoms with Crippen molar-refractivity contribution in [3.63, 3.8) is 0 Å². The maximum atomic E-state index is 13.6. The zero-order valence-electron chi connectivity index (χ0n) is 13.8. The van der Waals surface area contributed by atoms with E-state index in [2.05, 4.69) is 15.6 Å². The van der Waals surface area contributed by atoms with Gasteiger partial charge in [-0.1, -0.05) is 31.4 Å². The van der Waals surface area contributed by atoms with Crippen LogP contribution in [0.5, 0.6) is 0 Å². The highest BCUT2D eigenvalue weighted by Crippen LogP contribution is 2.22. The van der Waals surface area contributed by atoms with Crippen LogP contribution in [0.4, 0.5) is 9.18 Å². The summed E-state index contributed by atoms with van der Waals surface area (Å²) in [6, 6.07) is 5.74. The second-order valence-corrected chi connectivity index (χ2v) is 6.34. The van der Waals surface area contributed by atoms with Crippen molar-refractivity contribution >= 4 is 6.03 Å². The number of aromatic nitrogens is 2. The standard InChI is InChI=1S/C18H23FN4O/c1-23-11-10-20-17(23)16(13-6-5-7-14(19)12-13)22-18(24)21-15-8-3-2-4-9-15/h5-7,10-12,15-16H,2-4,8-9H2,1H3,(H2,21,22,24)/t16-/m0/s1. The molecular formula is C18H23FN4O. The number of carbonyl (C=O) groups is 1. The molecule has 1 fully saturated rings. The quantitative estimate of drug-likeness (QED) is 0.904. The summed E-state index contributed by atoms with van der Waals surface area (Å²) in [5, 5.41) is 5.99. The van der Waals surface area contributed by atoms with Gasteiger partial charge in [-0.2, -0.15) is 0 Å². The van der Waals surface area contributed by atoms with Crippen LogP contribution in [0.1, 0.15) is 49.5 Å². The predicted molar refractivity (Wildman–Crippen MR) is 90.0 cm³/mol. The molecule has 0 saturated heterocycles. The molecule has 128 valence electrons. The van der Waals surface area contributed by atoms with Crippen LogP contribution in [0.25, 0.3) is 0 Å². The third kappa shape index (κ3) is 3.93. The van der Waals surface area contributed by atoms with Crippen LogP contribution in [0, 0.1) is 5.82 Å². The molecule has 2 N–H and O–H groups in total. The number of amides is 2. The molecular weight excluding hydrogens is 307 g/mol. The average molecular weight is 330 g/mol. The van der Waals surface area contributed by atoms with Gasteiger partial charge in [-0.05, 0) is 30.5 Å². The van der Waals surface area contributed by atoms with Crippen molar-refractivity contribution in [1.29, 1.82) is 0 Å². The normalized spacial score (nSPS) is 16.6. The lowest BCUT2D eigenvalue weighted by molar-refractivity contribution is 0.230. The van der Waals surface area contributed by atoms with Gasteiger partial charge in [-0.3, -0.25) is 0 Å². The lowest BCUT2D eigenvalue weighted by atomic mass is 9.96. The highest BCUT2D eigenvalue weighted by atomic mass is 19.1. The molecule has 2 aromatic rings. The number of halogens is 1. The zero-order chi connectivity index (χ0) is 16.9. The first kappa shape index (κ1) is 16.5. The number of aryl methyl sites for hydroxylation is 1. The summed E-state index contributed by atoms with van der Waals surface area (Å²) in [6.45, 7) is 0. The van der Waals surface area contributed by atoms with Crippen LogP contribution < -0.4 is 10.6 Å². The first-order chi connectivity index (χ1) is 11.6. The van der Waals surface area contributed by atoms with Crippen molar-refractivity contribution in [1.82, 2.24) is 20.2 Å². The molecule has 1 atom stereocenters. The fourth-order valence-corrected chi connectivity index (χ4v) is 3.24. The summed E-state index contributed by atoms with van der Waals surface area (Å²) < 4.78 is 15.5. The molecule has 1 aliphatic carbocycles. The Morgan fingerprint density at radius 1 is 1.33 bits per heavy atom. The summed E-state index contributed by atoms with van der Waals surface area (Å²) in [4.78, 5) is 16.8. The van der Waals surface area contributed by atoms with E-state index in [1.165, 1.54) is 18.6 Å². The van der Waals surface area contributed by atoms with Crippen LogP contribution in [0.15, 0.2) is 36.7 Å². The number of nitrogens with zero attached hydrogens (tertiary/aromatic N) is 2. The van der Waals surface area contributed by atoms with Gasteiger partial charge in [-0.25, -0.2) is 14.2 Å². The molecule has 0 radical (unpaired) electrons. The van der Waals surface area contributed by atoms with Crippen molar-refractivity contribution in [2.45, 2.75) is 44.2 Å². The lowest BCUT2D eigenvalue weighted by Crippen LogP contribution is -2.44. The third-order valence-corrected chi connectivity index (χ3v) is 4.51. The molecule has 6 heteroatoms. The molecule has 24 heavy (non-hydrogen) atoms. The van der Waals surface area contributed by atoms with Gasteiger partial charge in [-0.15, -0.1) is 0 Å². The lowest BCUT2D eigenvalue weighted by Gasteiger charge is -2.25. The number of hydrogen-bond donors (Lipinski definition) is 2. The molecule has 0 aliphatic heterocycles. The maximum absolute atomic E-state index is 13.6. The summed E-state index contributed by atoms with van der Waals surface area (Å²) in [7, 11) is 1.86. The van der Waals surface area contributed by atoms with Gasteiger partial charge in [0.25, 0.3) is 0 Å². The molecule has 1 aliphatic rings. The summed E-state index contributed by atoms with van der Waals surface area (Å²) >= 11 is 0. The van der Waals surface area contributed by atoms with Gasteiger partial charge in [0.1, 0.15) is 17.7 Å². The van der Waals surface area contributed by atoms with E-state index < -0.39 is 6.04 Å². The number of rotatable bonds is 4. The molecule has 1 heterocycles. The minimum Gasteiger partial charge on any atom is -0.336 e. The van der Waals surface area contributed by atoms with Gasteiger partial charge >= 0.3 is 6.03 Å². The number of benzene rings is 1. The van der Waals surface area contributed by atoms with Crippen molar-refractivity contribution in [3.05, 3.63) is 53.9 Å². The monoisotopic (exact) mass is 330 g/mol. The zero-order valence-corrected chi connectivity index (χ0v) is 13.8.